The van der Waals surface area contributed by atoms with E-state index in [0.29, 0.717) is 16.5 Å². The molecule has 6 rings (SSSR count). The van der Waals surface area contributed by atoms with Gasteiger partial charge >= 0.3 is 0 Å². The van der Waals surface area contributed by atoms with E-state index in [1.54, 1.807) is 29.3 Å². The number of anilines is 2. The van der Waals surface area contributed by atoms with Gasteiger partial charge in [0.2, 0.25) is 17.7 Å². The molecule has 0 spiro atoms. The van der Waals surface area contributed by atoms with Gasteiger partial charge in [0.15, 0.2) is 0 Å². The van der Waals surface area contributed by atoms with Crippen LogP contribution in [0.3, 0.4) is 0 Å². The number of non-ortho nitro benzene ring substituents is 1. The molecule has 10 nitrogen and oxygen atoms in total. The highest BCUT2D eigenvalue weighted by molar-refractivity contribution is 6.31. The summed E-state index contributed by atoms with van der Waals surface area (Å²) in [6, 6.07) is 16.0. The summed E-state index contributed by atoms with van der Waals surface area (Å²) >= 11 is 6.16. The van der Waals surface area contributed by atoms with E-state index >= 15 is 0 Å². The standard InChI is InChI=1S/C28H21ClN4O6/c1-39-21-11-6-16(29)14-20(21)30-26(34)25-23-22(24-19-5-3-2-4-15(19)12-13-31(24)25)27(35)32(28(23)36)17-7-9-18(10-8-17)33(37)38/h2-14,22-25H,1H3,(H,30,34)/t22-,23-,24+,25+/m0/s1. The first-order valence-corrected chi connectivity index (χ1v) is 12.5. The third-order valence-electron chi connectivity index (χ3n) is 7.47. The zero-order chi connectivity index (χ0) is 27.4. The van der Waals surface area contributed by atoms with Crippen molar-refractivity contribution >= 4 is 52.5 Å². The van der Waals surface area contributed by atoms with Crippen LogP contribution in [0.5, 0.6) is 5.75 Å². The number of carbonyl (C=O) groups excluding carboxylic acids is 3. The molecule has 0 bridgehead atoms. The van der Waals surface area contributed by atoms with E-state index in [1.165, 1.54) is 31.4 Å². The van der Waals surface area contributed by atoms with Crippen LogP contribution in [-0.2, 0) is 14.4 Å². The van der Waals surface area contributed by atoms with Crippen LogP contribution in [0.25, 0.3) is 6.08 Å². The van der Waals surface area contributed by atoms with Crippen molar-refractivity contribution in [2.75, 3.05) is 17.3 Å². The zero-order valence-electron chi connectivity index (χ0n) is 20.5. The van der Waals surface area contributed by atoms with E-state index < -0.39 is 46.6 Å². The summed E-state index contributed by atoms with van der Waals surface area (Å²) in [5.74, 6) is -2.97. The molecule has 3 aliphatic heterocycles. The summed E-state index contributed by atoms with van der Waals surface area (Å²) < 4.78 is 5.36. The number of imide groups is 1. The van der Waals surface area contributed by atoms with E-state index in [-0.39, 0.29) is 11.4 Å². The molecule has 2 saturated heterocycles. The van der Waals surface area contributed by atoms with Gasteiger partial charge in [-0.3, -0.25) is 24.5 Å². The van der Waals surface area contributed by atoms with Crippen LogP contribution < -0.4 is 15.0 Å². The summed E-state index contributed by atoms with van der Waals surface area (Å²) in [6.45, 7) is 0. The second-order valence-corrected chi connectivity index (χ2v) is 9.89. The molecule has 39 heavy (non-hydrogen) atoms. The molecule has 3 heterocycles. The minimum atomic E-state index is -1.02. The monoisotopic (exact) mass is 544 g/mol. The minimum Gasteiger partial charge on any atom is -0.495 e. The lowest BCUT2D eigenvalue weighted by molar-refractivity contribution is -0.384. The highest BCUT2D eigenvalue weighted by Gasteiger charge is 2.64. The molecule has 196 valence electrons. The highest BCUT2D eigenvalue weighted by Crippen LogP contribution is 2.53. The number of nitro benzene ring substituents is 1. The van der Waals surface area contributed by atoms with Gasteiger partial charge in [-0.2, -0.15) is 0 Å². The molecule has 3 amide bonds. The van der Waals surface area contributed by atoms with E-state index in [2.05, 4.69) is 5.32 Å². The van der Waals surface area contributed by atoms with Gasteiger partial charge in [0, 0.05) is 23.4 Å². The molecular weight excluding hydrogens is 524 g/mol. The van der Waals surface area contributed by atoms with E-state index in [0.717, 1.165) is 16.0 Å². The Hall–Kier alpha value is -4.70. The number of benzene rings is 3. The lowest BCUT2D eigenvalue weighted by atomic mass is 9.84. The Morgan fingerprint density at radius 1 is 1.03 bits per heavy atom. The Morgan fingerprint density at radius 3 is 2.46 bits per heavy atom. The average molecular weight is 545 g/mol. The number of rotatable bonds is 5. The average Bonchev–Trinajstić information content (AvgIpc) is 3.41. The molecule has 11 heteroatoms. The van der Waals surface area contributed by atoms with Crippen molar-refractivity contribution in [3.8, 4) is 5.75 Å². The van der Waals surface area contributed by atoms with Crippen LogP contribution >= 0.6 is 11.6 Å². The molecule has 1 N–H and O–H groups in total. The molecule has 0 aromatic heterocycles. The molecular formula is C28H21ClN4O6. The molecule has 0 aliphatic carbocycles. The molecule has 0 saturated carbocycles. The van der Waals surface area contributed by atoms with Crippen LogP contribution in [0.2, 0.25) is 5.02 Å². The van der Waals surface area contributed by atoms with Gasteiger partial charge in [0.05, 0.1) is 41.3 Å². The van der Waals surface area contributed by atoms with Crippen molar-refractivity contribution in [3.05, 3.63) is 99.2 Å². The lowest BCUT2D eigenvalue weighted by Crippen LogP contribution is -2.46. The van der Waals surface area contributed by atoms with Crippen molar-refractivity contribution in [2.45, 2.75) is 12.1 Å². The summed E-state index contributed by atoms with van der Waals surface area (Å²) in [4.78, 5) is 55.1. The second-order valence-electron chi connectivity index (χ2n) is 9.45. The maximum absolute atomic E-state index is 13.9. The van der Waals surface area contributed by atoms with Crippen molar-refractivity contribution < 1.29 is 24.0 Å². The van der Waals surface area contributed by atoms with Gasteiger partial charge in [-0.25, -0.2) is 4.90 Å². The molecule has 3 aromatic carbocycles. The molecule has 0 radical (unpaired) electrons. The Balaban J connectivity index is 1.43. The van der Waals surface area contributed by atoms with Gasteiger partial charge in [0.1, 0.15) is 11.8 Å². The number of fused-ring (bicyclic) bond motifs is 5. The van der Waals surface area contributed by atoms with E-state index in [9.17, 15) is 24.5 Å². The van der Waals surface area contributed by atoms with Crippen LogP contribution in [-0.4, -0.2) is 40.7 Å². The number of nitro groups is 1. The normalized spacial score (nSPS) is 22.8. The van der Waals surface area contributed by atoms with Gasteiger partial charge in [-0.1, -0.05) is 35.9 Å². The van der Waals surface area contributed by atoms with Crippen LogP contribution in [0.4, 0.5) is 17.1 Å². The first kappa shape index (κ1) is 24.6. The topological polar surface area (TPSA) is 122 Å². The second kappa shape index (κ2) is 9.25. The van der Waals surface area contributed by atoms with Crippen molar-refractivity contribution in [1.29, 1.82) is 0 Å². The largest absolute Gasteiger partial charge is 0.495 e. The van der Waals surface area contributed by atoms with E-state index in [4.69, 9.17) is 16.3 Å². The maximum atomic E-state index is 13.9. The summed E-state index contributed by atoms with van der Waals surface area (Å²) in [6.07, 6.45) is 3.61. The van der Waals surface area contributed by atoms with Crippen LogP contribution in [0.1, 0.15) is 17.2 Å². The Morgan fingerprint density at radius 2 is 1.74 bits per heavy atom. The van der Waals surface area contributed by atoms with Crippen molar-refractivity contribution in [2.24, 2.45) is 11.8 Å². The number of hydrogen-bond donors (Lipinski definition) is 1. The third kappa shape index (κ3) is 3.83. The van der Waals surface area contributed by atoms with Crippen LogP contribution in [0.15, 0.2) is 72.9 Å². The van der Waals surface area contributed by atoms with Gasteiger partial charge in [-0.15, -0.1) is 0 Å². The first-order valence-electron chi connectivity index (χ1n) is 12.1. The Bertz CT molecular complexity index is 1570. The number of ether oxygens (including phenoxy) is 1. The fraction of sp³-hybridized carbons (Fsp3) is 0.179. The number of amides is 3. The van der Waals surface area contributed by atoms with E-state index in [1.807, 2.05) is 30.3 Å². The predicted octanol–water partition coefficient (Wildman–Crippen LogP) is 4.41. The molecule has 2 fully saturated rings. The fourth-order valence-corrected chi connectivity index (χ4v) is 5.99. The van der Waals surface area contributed by atoms with Crippen molar-refractivity contribution in [3.63, 3.8) is 0 Å². The van der Waals surface area contributed by atoms with Crippen molar-refractivity contribution in [1.82, 2.24) is 4.90 Å². The number of methoxy groups -OCH3 is 1. The number of nitrogens with zero attached hydrogens (tertiary/aromatic N) is 3. The third-order valence-corrected chi connectivity index (χ3v) is 7.70. The summed E-state index contributed by atoms with van der Waals surface area (Å²) in [5.41, 5.74) is 2.11. The molecule has 4 atom stereocenters. The quantitative estimate of drug-likeness (QED) is 0.287. The highest BCUT2D eigenvalue weighted by atomic mass is 35.5. The number of nitrogens with one attached hydrogen (secondary N) is 1. The fourth-order valence-electron chi connectivity index (χ4n) is 5.82. The molecule has 3 aliphatic rings. The Labute approximate surface area is 227 Å². The minimum absolute atomic E-state index is 0.164. The number of halogens is 1. The van der Waals surface area contributed by atoms with Gasteiger partial charge in [-0.05, 0) is 47.5 Å². The molecule has 3 aromatic rings. The summed E-state index contributed by atoms with van der Waals surface area (Å²) in [7, 11) is 1.46. The van der Waals surface area contributed by atoms with Gasteiger partial charge < -0.3 is 15.0 Å². The van der Waals surface area contributed by atoms with Gasteiger partial charge in [0.25, 0.3) is 5.69 Å². The Kier molecular flexibility index (Phi) is 5.84. The lowest BCUT2D eigenvalue weighted by Gasteiger charge is -2.35. The zero-order valence-corrected chi connectivity index (χ0v) is 21.2. The smallest absolute Gasteiger partial charge is 0.269 e. The summed E-state index contributed by atoms with van der Waals surface area (Å²) in [5, 5.41) is 14.3. The predicted molar refractivity (Wildman–Crippen MR) is 143 cm³/mol. The van der Waals surface area contributed by atoms with Crippen LogP contribution in [0, 0.1) is 22.0 Å². The number of hydrogen-bond acceptors (Lipinski definition) is 7. The number of carbonyl (C=O) groups is 3. The maximum Gasteiger partial charge on any atom is 0.269 e. The first-order chi connectivity index (χ1) is 18.8. The SMILES string of the molecule is COc1ccc(Cl)cc1NC(=O)[C@H]1[C@H]2C(=O)N(c3ccc([N+](=O)[O-])cc3)C(=O)[C@@H]2[C@H]2c3ccccc3C=CN21. The molecule has 0 unspecified atom stereocenters.